The quantitative estimate of drug-likeness (QED) is 0.738. The highest BCUT2D eigenvalue weighted by Gasteiger charge is 2.55. The second-order valence-corrected chi connectivity index (χ2v) is 4.97. The van der Waals surface area contributed by atoms with E-state index in [1.165, 1.54) is 0 Å². The van der Waals surface area contributed by atoms with Crippen molar-refractivity contribution in [1.29, 1.82) is 0 Å². The Bertz CT molecular complexity index is 568. The zero-order valence-electron chi connectivity index (χ0n) is 10.7. The van der Waals surface area contributed by atoms with E-state index in [9.17, 15) is 4.79 Å². The molecule has 0 radical (unpaired) electrons. The van der Waals surface area contributed by atoms with Crippen LogP contribution >= 0.6 is 0 Å². The smallest absolute Gasteiger partial charge is 0.195 e. The minimum atomic E-state index is -0.472. The topological polar surface area (TPSA) is 20.3 Å². The lowest BCUT2D eigenvalue weighted by Crippen LogP contribution is -2.47. The van der Waals surface area contributed by atoms with Gasteiger partial charge in [0.2, 0.25) is 0 Å². The van der Waals surface area contributed by atoms with Crippen LogP contribution in [-0.2, 0) is 0 Å². The van der Waals surface area contributed by atoms with Crippen molar-refractivity contribution >= 4 is 11.5 Å². The van der Waals surface area contributed by atoms with Crippen LogP contribution in [0, 0.1) is 0 Å². The summed E-state index contributed by atoms with van der Waals surface area (Å²) < 4.78 is 0. The van der Waals surface area contributed by atoms with Crippen LogP contribution in [0.4, 0.5) is 5.69 Å². The van der Waals surface area contributed by atoms with Crippen molar-refractivity contribution in [1.82, 2.24) is 0 Å². The van der Waals surface area contributed by atoms with Gasteiger partial charge in [-0.3, -0.25) is 4.79 Å². The number of carbonyl (C=O) groups excluding carboxylic acids is 1. The number of hydrogen-bond donors (Lipinski definition) is 0. The molecule has 1 aromatic rings. The number of hydrogen-bond acceptors (Lipinski definition) is 2. The number of benzene rings is 1. The summed E-state index contributed by atoms with van der Waals surface area (Å²) >= 11 is 0. The lowest BCUT2D eigenvalue weighted by molar-refractivity contribution is 0.0930. The minimum absolute atomic E-state index is 0.239. The Hall–Kier alpha value is -1.79. The highest BCUT2D eigenvalue weighted by molar-refractivity contribution is 6.16. The second kappa shape index (κ2) is 3.86. The monoisotopic (exact) mass is 239 g/mol. The van der Waals surface area contributed by atoms with E-state index in [1.807, 2.05) is 18.2 Å². The average molecular weight is 239 g/mol. The fourth-order valence-electron chi connectivity index (χ4n) is 3.52. The first-order chi connectivity index (χ1) is 8.75. The van der Waals surface area contributed by atoms with E-state index in [0.717, 1.165) is 42.6 Å². The molecule has 2 nitrogen and oxygen atoms in total. The zero-order chi connectivity index (χ0) is 12.8. The highest BCUT2D eigenvalue weighted by atomic mass is 16.1. The van der Waals surface area contributed by atoms with Crippen LogP contribution in [-0.4, -0.2) is 17.9 Å². The Morgan fingerprint density at radius 1 is 1.50 bits per heavy atom. The summed E-state index contributed by atoms with van der Waals surface area (Å²) in [6.07, 6.45) is 2.79. The van der Waals surface area contributed by atoms with Gasteiger partial charge in [-0.1, -0.05) is 25.6 Å². The first-order valence-corrected chi connectivity index (χ1v) is 6.56. The van der Waals surface area contributed by atoms with E-state index in [2.05, 4.69) is 30.2 Å². The molecule has 2 heterocycles. The largest absolute Gasteiger partial charge is 0.354 e. The van der Waals surface area contributed by atoms with E-state index in [0.29, 0.717) is 0 Å². The number of para-hydroxylation sites is 1. The van der Waals surface area contributed by atoms with Gasteiger partial charge in [0.1, 0.15) is 5.54 Å². The van der Waals surface area contributed by atoms with Crippen molar-refractivity contribution in [2.75, 3.05) is 11.4 Å². The normalized spacial score (nSPS) is 24.7. The molecule has 92 valence electrons. The Balaban J connectivity index is 2.23. The summed E-state index contributed by atoms with van der Waals surface area (Å²) in [6.45, 7) is 6.82. The summed E-state index contributed by atoms with van der Waals surface area (Å²) in [5, 5.41) is 0. The highest BCUT2D eigenvalue weighted by Crippen LogP contribution is 2.49. The van der Waals surface area contributed by atoms with E-state index in [-0.39, 0.29) is 5.78 Å². The molecule has 0 spiro atoms. The molecule has 0 bridgehead atoms. The Morgan fingerprint density at radius 2 is 2.28 bits per heavy atom. The molecular weight excluding hydrogens is 222 g/mol. The Labute approximate surface area is 108 Å². The molecule has 0 aliphatic carbocycles. The molecule has 0 aromatic heterocycles. The lowest BCUT2D eigenvalue weighted by atomic mass is 9.82. The van der Waals surface area contributed by atoms with Crippen molar-refractivity contribution in [2.45, 2.75) is 31.7 Å². The molecule has 1 fully saturated rings. The third kappa shape index (κ3) is 1.16. The molecule has 1 unspecified atom stereocenters. The van der Waals surface area contributed by atoms with Crippen LogP contribution < -0.4 is 4.90 Å². The number of rotatable bonds is 2. The molecule has 1 aromatic carbocycles. The van der Waals surface area contributed by atoms with Gasteiger partial charge >= 0.3 is 0 Å². The maximum atomic E-state index is 12.8. The summed E-state index contributed by atoms with van der Waals surface area (Å²) in [5.41, 5.74) is 5.54. The van der Waals surface area contributed by atoms with Crippen LogP contribution in [0.5, 0.6) is 0 Å². The lowest BCUT2D eigenvalue weighted by Gasteiger charge is -2.33. The van der Waals surface area contributed by atoms with Gasteiger partial charge in [-0.2, -0.15) is 0 Å². The number of carbonyl (C=O) groups is 1. The van der Waals surface area contributed by atoms with Gasteiger partial charge in [0.05, 0.1) is 0 Å². The number of Topliss-reactive ketones (excluding diaryl/α,β-unsaturated/α-hetero) is 1. The van der Waals surface area contributed by atoms with E-state index >= 15 is 0 Å². The molecule has 2 heteroatoms. The van der Waals surface area contributed by atoms with Crippen molar-refractivity contribution in [2.24, 2.45) is 0 Å². The predicted octanol–water partition coefficient (Wildman–Crippen LogP) is 3.34. The van der Waals surface area contributed by atoms with Crippen molar-refractivity contribution in [3.63, 3.8) is 0 Å². The van der Waals surface area contributed by atoms with Gasteiger partial charge in [0.15, 0.2) is 5.78 Å². The van der Waals surface area contributed by atoms with Gasteiger partial charge in [0, 0.05) is 23.4 Å². The Morgan fingerprint density at radius 3 is 3.00 bits per heavy atom. The molecule has 18 heavy (non-hydrogen) atoms. The molecule has 1 atom stereocenters. The van der Waals surface area contributed by atoms with Crippen LogP contribution in [0.1, 0.15) is 36.5 Å². The summed E-state index contributed by atoms with van der Waals surface area (Å²) in [5.74, 6) is 0.239. The second-order valence-electron chi connectivity index (χ2n) is 4.97. The van der Waals surface area contributed by atoms with Crippen LogP contribution in [0.15, 0.2) is 42.1 Å². The number of fused-ring (bicyclic) bond motifs is 3. The molecule has 2 aliphatic rings. The standard InChI is InChI=1S/C16H17NO/c1-3-12(4-2)16-10-7-11-17(16)14-9-6-5-8-13(14)15(16)18/h5-6,8-9H,1,4,7,10-11H2,2H3. The van der Waals surface area contributed by atoms with E-state index < -0.39 is 5.54 Å². The van der Waals surface area contributed by atoms with Crippen LogP contribution in [0.25, 0.3) is 0 Å². The van der Waals surface area contributed by atoms with Gasteiger partial charge in [-0.05, 0) is 31.4 Å². The SMILES string of the molecule is C=C=C(CC)C12CCCN1c1ccccc1C2=O. The number of anilines is 1. The van der Waals surface area contributed by atoms with Gasteiger partial charge in [-0.25, -0.2) is 0 Å². The van der Waals surface area contributed by atoms with Crippen molar-refractivity contribution < 1.29 is 4.79 Å². The molecular formula is C16H17NO. The minimum Gasteiger partial charge on any atom is -0.354 e. The maximum Gasteiger partial charge on any atom is 0.195 e. The van der Waals surface area contributed by atoms with Crippen LogP contribution in [0.2, 0.25) is 0 Å². The third-order valence-electron chi connectivity index (χ3n) is 4.26. The first kappa shape index (κ1) is 11.3. The van der Waals surface area contributed by atoms with E-state index in [1.54, 1.807) is 0 Å². The van der Waals surface area contributed by atoms with Crippen LogP contribution in [0.3, 0.4) is 0 Å². The Kier molecular flexibility index (Phi) is 2.42. The van der Waals surface area contributed by atoms with Gasteiger partial charge < -0.3 is 4.90 Å². The van der Waals surface area contributed by atoms with Crippen molar-refractivity contribution in [3.8, 4) is 0 Å². The molecule has 0 saturated carbocycles. The molecule has 0 N–H and O–H groups in total. The maximum absolute atomic E-state index is 12.8. The van der Waals surface area contributed by atoms with E-state index in [4.69, 9.17) is 0 Å². The average Bonchev–Trinajstić information content (AvgIpc) is 2.92. The zero-order valence-corrected chi connectivity index (χ0v) is 10.7. The number of nitrogens with zero attached hydrogens (tertiary/aromatic N) is 1. The van der Waals surface area contributed by atoms with Crippen molar-refractivity contribution in [3.05, 3.63) is 47.7 Å². The molecule has 3 rings (SSSR count). The van der Waals surface area contributed by atoms with Gasteiger partial charge in [0.25, 0.3) is 0 Å². The van der Waals surface area contributed by atoms with Gasteiger partial charge in [-0.15, -0.1) is 5.73 Å². The number of ketones is 1. The molecule has 2 aliphatic heterocycles. The first-order valence-electron chi connectivity index (χ1n) is 6.56. The summed E-state index contributed by atoms with van der Waals surface area (Å²) in [4.78, 5) is 15.1. The predicted molar refractivity (Wildman–Crippen MR) is 73.0 cm³/mol. The fourth-order valence-corrected chi connectivity index (χ4v) is 3.52. The summed E-state index contributed by atoms with van der Waals surface area (Å²) in [7, 11) is 0. The molecule has 1 saturated heterocycles. The summed E-state index contributed by atoms with van der Waals surface area (Å²) in [6, 6.07) is 7.93. The molecule has 0 amide bonds. The third-order valence-corrected chi connectivity index (χ3v) is 4.26. The fraction of sp³-hybridized carbons (Fsp3) is 0.375.